The zero-order valence-electron chi connectivity index (χ0n) is 9.42. The number of ether oxygens (including phenoxy) is 1. The number of carbonyl (C=O) groups is 1. The van der Waals surface area contributed by atoms with E-state index in [0.29, 0.717) is 18.3 Å². The van der Waals surface area contributed by atoms with Gasteiger partial charge in [0.25, 0.3) is 0 Å². The van der Waals surface area contributed by atoms with Gasteiger partial charge in [-0.1, -0.05) is 32.6 Å². The Kier molecular flexibility index (Phi) is 5.16. The van der Waals surface area contributed by atoms with Crippen LogP contribution in [0.4, 0.5) is 0 Å². The van der Waals surface area contributed by atoms with Crippen LogP contribution < -0.4 is 0 Å². The topological polar surface area (TPSA) is 26.3 Å². The molecule has 1 atom stereocenters. The van der Waals surface area contributed by atoms with Crippen LogP contribution in [0.15, 0.2) is 0 Å². The zero-order chi connectivity index (χ0) is 10.4. The summed E-state index contributed by atoms with van der Waals surface area (Å²) in [6, 6.07) is 0. The summed E-state index contributed by atoms with van der Waals surface area (Å²) in [5.41, 5.74) is 0. The summed E-state index contributed by atoms with van der Waals surface area (Å²) in [5, 5.41) is 0. The van der Waals surface area contributed by atoms with Crippen LogP contribution in [0.1, 0.15) is 52.4 Å². The van der Waals surface area contributed by atoms with Crippen molar-refractivity contribution in [1.29, 1.82) is 0 Å². The van der Waals surface area contributed by atoms with Gasteiger partial charge in [0.2, 0.25) is 0 Å². The molecule has 0 amide bonds. The second kappa shape index (κ2) is 6.18. The van der Waals surface area contributed by atoms with Crippen molar-refractivity contribution in [2.45, 2.75) is 58.5 Å². The first-order valence-electron chi connectivity index (χ1n) is 5.92. The number of rotatable bonds is 7. The molecule has 14 heavy (non-hydrogen) atoms. The van der Waals surface area contributed by atoms with Crippen LogP contribution >= 0.6 is 0 Å². The number of Topliss-reactive ketones (excluding diaryl/α,β-unsaturated/α-hetero) is 1. The molecule has 1 unspecified atom stereocenters. The fourth-order valence-electron chi connectivity index (χ4n) is 1.91. The summed E-state index contributed by atoms with van der Waals surface area (Å²) >= 11 is 0. The lowest BCUT2D eigenvalue weighted by Crippen LogP contribution is -2.28. The SMILES string of the molecule is CCCC(OCC)C(=O)CC1CCC1. The van der Waals surface area contributed by atoms with Crippen molar-refractivity contribution >= 4 is 5.78 Å². The number of hydrogen-bond acceptors (Lipinski definition) is 2. The van der Waals surface area contributed by atoms with Crippen LogP contribution in [-0.2, 0) is 9.53 Å². The van der Waals surface area contributed by atoms with Crippen molar-refractivity contribution in [3.63, 3.8) is 0 Å². The van der Waals surface area contributed by atoms with Gasteiger partial charge in [-0.05, 0) is 19.3 Å². The van der Waals surface area contributed by atoms with Gasteiger partial charge in [-0.15, -0.1) is 0 Å². The number of hydrogen-bond donors (Lipinski definition) is 0. The molecule has 1 saturated carbocycles. The molecule has 0 spiro atoms. The lowest BCUT2D eigenvalue weighted by molar-refractivity contribution is -0.132. The Morgan fingerprint density at radius 1 is 1.43 bits per heavy atom. The second-order valence-electron chi connectivity index (χ2n) is 4.20. The summed E-state index contributed by atoms with van der Waals surface area (Å²) in [6.07, 6.45) is 6.36. The van der Waals surface area contributed by atoms with Gasteiger partial charge in [-0.25, -0.2) is 0 Å². The first-order valence-corrected chi connectivity index (χ1v) is 5.92. The maximum atomic E-state index is 11.8. The Labute approximate surface area is 87.0 Å². The smallest absolute Gasteiger partial charge is 0.161 e. The first-order chi connectivity index (χ1) is 6.77. The molecule has 0 aromatic rings. The third-order valence-electron chi connectivity index (χ3n) is 2.99. The van der Waals surface area contributed by atoms with Crippen LogP contribution in [0.2, 0.25) is 0 Å². The van der Waals surface area contributed by atoms with Gasteiger partial charge in [0.1, 0.15) is 6.10 Å². The van der Waals surface area contributed by atoms with Crippen molar-refractivity contribution in [2.75, 3.05) is 6.61 Å². The molecular weight excluding hydrogens is 176 g/mol. The molecule has 0 aromatic heterocycles. The van der Waals surface area contributed by atoms with Crippen LogP contribution in [0.25, 0.3) is 0 Å². The molecule has 0 aromatic carbocycles. The van der Waals surface area contributed by atoms with Crippen molar-refractivity contribution in [3.05, 3.63) is 0 Å². The molecule has 0 bridgehead atoms. The predicted octanol–water partition coefficient (Wildman–Crippen LogP) is 2.95. The number of ketones is 1. The standard InChI is InChI=1S/C12H22O2/c1-3-6-12(14-4-2)11(13)9-10-7-5-8-10/h10,12H,3-9H2,1-2H3. The highest BCUT2D eigenvalue weighted by Crippen LogP contribution is 2.30. The maximum Gasteiger partial charge on any atom is 0.161 e. The van der Waals surface area contributed by atoms with Crippen LogP contribution in [0, 0.1) is 5.92 Å². The molecule has 82 valence electrons. The average molecular weight is 198 g/mol. The molecule has 0 heterocycles. The fourth-order valence-corrected chi connectivity index (χ4v) is 1.91. The Hall–Kier alpha value is -0.370. The van der Waals surface area contributed by atoms with E-state index in [1.165, 1.54) is 19.3 Å². The minimum Gasteiger partial charge on any atom is -0.371 e. The Morgan fingerprint density at radius 3 is 2.57 bits per heavy atom. The van der Waals surface area contributed by atoms with E-state index in [0.717, 1.165) is 19.3 Å². The van der Waals surface area contributed by atoms with Gasteiger partial charge in [-0.2, -0.15) is 0 Å². The van der Waals surface area contributed by atoms with E-state index in [9.17, 15) is 4.79 Å². The molecule has 2 heteroatoms. The lowest BCUT2D eigenvalue weighted by Gasteiger charge is -2.26. The molecule has 1 aliphatic carbocycles. The minimum atomic E-state index is -0.120. The van der Waals surface area contributed by atoms with Gasteiger partial charge in [0.05, 0.1) is 0 Å². The monoisotopic (exact) mass is 198 g/mol. The zero-order valence-corrected chi connectivity index (χ0v) is 9.42. The largest absolute Gasteiger partial charge is 0.371 e. The van der Waals surface area contributed by atoms with Crippen molar-refractivity contribution in [3.8, 4) is 0 Å². The summed E-state index contributed by atoms with van der Waals surface area (Å²) in [6.45, 7) is 4.71. The number of carbonyl (C=O) groups excluding carboxylic acids is 1. The third-order valence-corrected chi connectivity index (χ3v) is 2.99. The molecule has 0 N–H and O–H groups in total. The quantitative estimate of drug-likeness (QED) is 0.628. The van der Waals surface area contributed by atoms with E-state index in [1.807, 2.05) is 6.92 Å². The molecule has 2 nitrogen and oxygen atoms in total. The van der Waals surface area contributed by atoms with Crippen molar-refractivity contribution in [1.82, 2.24) is 0 Å². The van der Waals surface area contributed by atoms with Crippen molar-refractivity contribution < 1.29 is 9.53 Å². The molecule has 1 aliphatic rings. The summed E-state index contributed by atoms with van der Waals surface area (Å²) in [7, 11) is 0. The van der Waals surface area contributed by atoms with E-state index in [2.05, 4.69) is 6.92 Å². The van der Waals surface area contributed by atoms with Crippen LogP contribution in [-0.4, -0.2) is 18.5 Å². The molecule has 0 saturated heterocycles. The lowest BCUT2D eigenvalue weighted by atomic mass is 9.81. The van der Waals surface area contributed by atoms with Crippen LogP contribution in [0.5, 0.6) is 0 Å². The van der Waals surface area contributed by atoms with E-state index >= 15 is 0 Å². The Morgan fingerprint density at radius 2 is 2.14 bits per heavy atom. The molecule has 1 fully saturated rings. The second-order valence-corrected chi connectivity index (χ2v) is 4.20. The first kappa shape index (κ1) is 11.7. The van der Waals surface area contributed by atoms with Gasteiger partial charge in [0.15, 0.2) is 5.78 Å². The Balaban J connectivity index is 2.28. The summed E-state index contributed by atoms with van der Waals surface area (Å²) in [5.74, 6) is 1.00. The fraction of sp³-hybridized carbons (Fsp3) is 0.917. The van der Waals surface area contributed by atoms with E-state index < -0.39 is 0 Å². The van der Waals surface area contributed by atoms with Gasteiger partial charge in [0, 0.05) is 13.0 Å². The Bertz CT molecular complexity index is 167. The van der Waals surface area contributed by atoms with Crippen molar-refractivity contribution in [2.24, 2.45) is 5.92 Å². The highest BCUT2D eigenvalue weighted by Gasteiger charge is 2.25. The van der Waals surface area contributed by atoms with Gasteiger partial charge >= 0.3 is 0 Å². The molecule has 0 aliphatic heterocycles. The van der Waals surface area contributed by atoms with Gasteiger partial charge in [-0.3, -0.25) is 4.79 Å². The maximum absolute atomic E-state index is 11.8. The van der Waals surface area contributed by atoms with E-state index in [4.69, 9.17) is 4.74 Å². The third kappa shape index (κ3) is 3.41. The minimum absolute atomic E-state index is 0.120. The normalized spacial score (nSPS) is 19.0. The van der Waals surface area contributed by atoms with E-state index in [-0.39, 0.29) is 6.10 Å². The molecule has 0 radical (unpaired) electrons. The average Bonchev–Trinajstić information content (AvgIpc) is 2.11. The summed E-state index contributed by atoms with van der Waals surface area (Å²) in [4.78, 5) is 11.8. The highest BCUT2D eigenvalue weighted by atomic mass is 16.5. The summed E-state index contributed by atoms with van der Waals surface area (Å²) < 4.78 is 5.46. The van der Waals surface area contributed by atoms with Crippen LogP contribution in [0.3, 0.4) is 0 Å². The highest BCUT2D eigenvalue weighted by molar-refractivity contribution is 5.83. The molecular formula is C12H22O2. The predicted molar refractivity (Wildman–Crippen MR) is 57.3 cm³/mol. The van der Waals surface area contributed by atoms with E-state index in [1.54, 1.807) is 0 Å². The van der Waals surface area contributed by atoms with Gasteiger partial charge < -0.3 is 4.74 Å². The molecule has 1 rings (SSSR count).